The average molecular weight is 432 g/mol. The summed E-state index contributed by atoms with van der Waals surface area (Å²) in [4.78, 5) is 38.6. The Kier molecular flexibility index (Phi) is 5.79. The number of morpholine rings is 2. The van der Waals surface area contributed by atoms with Gasteiger partial charge in [-0.1, -0.05) is 18.2 Å². The second-order valence-electron chi connectivity index (χ2n) is 7.86. The van der Waals surface area contributed by atoms with Crippen molar-refractivity contribution in [1.82, 2.24) is 19.8 Å². The molecule has 8 nitrogen and oxygen atoms in total. The number of amides is 2. The first-order valence-corrected chi connectivity index (χ1v) is 10.8. The van der Waals surface area contributed by atoms with Crippen molar-refractivity contribution >= 4 is 22.7 Å². The lowest BCUT2D eigenvalue weighted by molar-refractivity contribution is -0.0246. The van der Waals surface area contributed by atoms with Crippen LogP contribution in [0.1, 0.15) is 32.5 Å². The van der Waals surface area contributed by atoms with Gasteiger partial charge in [0.15, 0.2) is 0 Å². The molecule has 2 saturated heterocycles. The molecule has 0 saturated carbocycles. The summed E-state index contributed by atoms with van der Waals surface area (Å²) in [5.74, 6) is -0.0974. The van der Waals surface area contributed by atoms with Crippen LogP contribution in [0.25, 0.3) is 10.9 Å². The number of aromatic nitrogens is 2. The summed E-state index contributed by atoms with van der Waals surface area (Å²) >= 11 is 0. The maximum atomic E-state index is 13.3. The summed E-state index contributed by atoms with van der Waals surface area (Å²) in [5, 5.41) is 0.813. The van der Waals surface area contributed by atoms with Crippen molar-refractivity contribution in [3.8, 4) is 0 Å². The van der Waals surface area contributed by atoms with Gasteiger partial charge >= 0.3 is 0 Å². The Labute approximate surface area is 185 Å². The van der Waals surface area contributed by atoms with Gasteiger partial charge in [0.05, 0.1) is 43.1 Å². The van der Waals surface area contributed by atoms with E-state index in [1.807, 2.05) is 35.2 Å². The molecular formula is C24H24N4O4. The summed E-state index contributed by atoms with van der Waals surface area (Å²) in [6, 6.07) is 12.9. The summed E-state index contributed by atoms with van der Waals surface area (Å²) in [6.07, 6.45) is 2.81. The molecule has 0 aliphatic carbocycles. The fourth-order valence-electron chi connectivity index (χ4n) is 4.16. The van der Waals surface area contributed by atoms with Crippen LogP contribution in [0.15, 0.2) is 54.9 Å². The average Bonchev–Trinajstić information content (AvgIpc) is 2.88. The minimum Gasteiger partial charge on any atom is -0.378 e. The van der Waals surface area contributed by atoms with Crippen LogP contribution in [-0.2, 0) is 9.47 Å². The highest BCUT2D eigenvalue weighted by Crippen LogP contribution is 2.27. The van der Waals surface area contributed by atoms with E-state index in [1.165, 1.54) is 0 Å². The van der Waals surface area contributed by atoms with E-state index < -0.39 is 6.10 Å². The summed E-state index contributed by atoms with van der Waals surface area (Å²) in [7, 11) is 0. The lowest BCUT2D eigenvalue weighted by atomic mass is 10.0. The van der Waals surface area contributed by atoms with Crippen LogP contribution in [0.4, 0.5) is 0 Å². The first-order chi connectivity index (χ1) is 15.7. The lowest BCUT2D eigenvalue weighted by Gasteiger charge is -2.33. The van der Waals surface area contributed by atoms with Crippen molar-refractivity contribution in [3.05, 3.63) is 71.7 Å². The van der Waals surface area contributed by atoms with Crippen LogP contribution in [0.2, 0.25) is 0 Å². The zero-order valence-corrected chi connectivity index (χ0v) is 17.6. The van der Waals surface area contributed by atoms with Gasteiger partial charge in [-0.2, -0.15) is 0 Å². The molecule has 1 aromatic carbocycles. The van der Waals surface area contributed by atoms with Crippen LogP contribution in [0, 0.1) is 0 Å². The summed E-state index contributed by atoms with van der Waals surface area (Å²) in [5.41, 5.74) is 2.60. The lowest BCUT2D eigenvalue weighted by Crippen LogP contribution is -2.42. The number of carbonyl (C=O) groups excluding carboxylic acids is 2. The molecule has 2 aromatic heterocycles. The fraction of sp³-hybridized carbons (Fsp3) is 0.333. The Morgan fingerprint density at radius 2 is 1.66 bits per heavy atom. The van der Waals surface area contributed by atoms with Crippen LogP contribution in [0.3, 0.4) is 0 Å². The van der Waals surface area contributed by atoms with Gasteiger partial charge in [-0.05, 0) is 24.3 Å². The maximum absolute atomic E-state index is 13.3. The standard InChI is InChI=1S/C24H24N4O4/c29-23(17-5-7-25-8-6-17)28-11-14-32-22(16-28)21-15-19(18-3-1-2-4-20(18)26-21)24(30)27-9-12-31-13-10-27/h1-8,15,22H,9-14,16H2/t22-/m1/s1. The van der Waals surface area contributed by atoms with Crippen LogP contribution < -0.4 is 0 Å². The molecule has 0 bridgehead atoms. The Morgan fingerprint density at radius 3 is 2.47 bits per heavy atom. The monoisotopic (exact) mass is 432 g/mol. The molecule has 8 heteroatoms. The smallest absolute Gasteiger partial charge is 0.254 e. The minimum absolute atomic E-state index is 0.0336. The van der Waals surface area contributed by atoms with Crippen LogP contribution in [-0.4, -0.2) is 77.6 Å². The number of benzene rings is 1. The Hall–Kier alpha value is -3.36. The van der Waals surface area contributed by atoms with Crippen molar-refractivity contribution in [2.45, 2.75) is 6.10 Å². The number of rotatable bonds is 3. The third kappa shape index (κ3) is 4.06. The van der Waals surface area contributed by atoms with Crippen LogP contribution in [0.5, 0.6) is 0 Å². The predicted molar refractivity (Wildman–Crippen MR) is 117 cm³/mol. The molecule has 164 valence electrons. The van der Waals surface area contributed by atoms with Gasteiger partial charge in [0.1, 0.15) is 6.10 Å². The van der Waals surface area contributed by atoms with Gasteiger partial charge in [-0.25, -0.2) is 4.98 Å². The van der Waals surface area contributed by atoms with Gasteiger partial charge < -0.3 is 19.3 Å². The SMILES string of the molecule is O=C(c1ccncc1)N1CCO[C@@H](c2cc(C(=O)N3CCOCC3)c3ccccc3n2)C1. The van der Waals surface area contributed by atoms with E-state index >= 15 is 0 Å². The Bertz CT molecular complexity index is 1130. The molecule has 2 amide bonds. The predicted octanol–water partition coefficient (Wildman–Crippen LogP) is 2.32. The maximum Gasteiger partial charge on any atom is 0.254 e. The van der Waals surface area contributed by atoms with Crippen molar-refractivity contribution in [2.75, 3.05) is 46.0 Å². The zero-order valence-electron chi connectivity index (χ0n) is 17.6. The van der Waals surface area contributed by atoms with Crippen molar-refractivity contribution in [1.29, 1.82) is 0 Å². The normalized spacial score (nSPS) is 19.2. The van der Waals surface area contributed by atoms with Gasteiger partial charge in [0.25, 0.3) is 11.8 Å². The third-order valence-electron chi connectivity index (χ3n) is 5.88. The first kappa shape index (κ1) is 20.5. The molecule has 0 radical (unpaired) electrons. The van der Waals surface area contributed by atoms with Gasteiger partial charge in [0, 0.05) is 43.0 Å². The van der Waals surface area contributed by atoms with E-state index in [2.05, 4.69) is 4.98 Å². The van der Waals surface area contributed by atoms with E-state index in [9.17, 15) is 9.59 Å². The largest absolute Gasteiger partial charge is 0.378 e. The highest BCUT2D eigenvalue weighted by atomic mass is 16.5. The molecule has 4 heterocycles. The third-order valence-corrected chi connectivity index (χ3v) is 5.88. The molecular weight excluding hydrogens is 408 g/mol. The first-order valence-electron chi connectivity index (χ1n) is 10.8. The van der Waals surface area contributed by atoms with Gasteiger partial charge in [-0.3, -0.25) is 14.6 Å². The number of hydrogen-bond acceptors (Lipinski definition) is 6. The zero-order chi connectivity index (χ0) is 21.9. The van der Waals surface area contributed by atoms with Crippen molar-refractivity contribution < 1.29 is 19.1 Å². The highest BCUT2D eigenvalue weighted by Gasteiger charge is 2.29. The molecule has 32 heavy (non-hydrogen) atoms. The van der Waals surface area contributed by atoms with E-state index in [-0.39, 0.29) is 11.8 Å². The topological polar surface area (TPSA) is 84.9 Å². The Balaban J connectivity index is 1.46. The molecule has 3 aromatic rings. The molecule has 0 N–H and O–H groups in total. The number of pyridine rings is 2. The molecule has 1 atom stereocenters. The van der Waals surface area contributed by atoms with Gasteiger partial charge in [-0.15, -0.1) is 0 Å². The van der Waals surface area contributed by atoms with Crippen molar-refractivity contribution in [3.63, 3.8) is 0 Å². The molecule has 0 unspecified atom stereocenters. The quantitative estimate of drug-likeness (QED) is 0.632. The van der Waals surface area contributed by atoms with E-state index in [4.69, 9.17) is 14.5 Å². The number of ether oxygens (including phenoxy) is 2. The number of para-hydroxylation sites is 1. The molecule has 2 aliphatic heterocycles. The van der Waals surface area contributed by atoms with Crippen molar-refractivity contribution in [2.24, 2.45) is 0 Å². The fourth-order valence-corrected chi connectivity index (χ4v) is 4.16. The van der Waals surface area contributed by atoms with Gasteiger partial charge in [0.2, 0.25) is 0 Å². The highest BCUT2D eigenvalue weighted by molar-refractivity contribution is 6.06. The number of hydrogen-bond donors (Lipinski definition) is 0. The van der Waals surface area contributed by atoms with Crippen LogP contribution >= 0.6 is 0 Å². The molecule has 2 fully saturated rings. The number of nitrogens with zero attached hydrogens (tertiary/aromatic N) is 4. The number of fused-ring (bicyclic) bond motifs is 1. The summed E-state index contributed by atoms with van der Waals surface area (Å²) in [6.45, 7) is 3.50. The second kappa shape index (κ2) is 9.02. The molecule has 5 rings (SSSR count). The number of carbonyl (C=O) groups is 2. The van der Waals surface area contributed by atoms with E-state index in [0.29, 0.717) is 62.8 Å². The molecule has 2 aliphatic rings. The van der Waals surface area contributed by atoms with E-state index in [1.54, 1.807) is 29.4 Å². The summed E-state index contributed by atoms with van der Waals surface area (Å²) < 4.78 is 11.4. The molecule has 0 spiro atoms. The second-order valence-corrected chi connectivity index (χ2v) is 7.86. The minimum atomic E-state index is -0.407. The van der Waals surface area contributed by atoms with E-state index in [0.717, 1.165) is 10.9 Å². The Morgan fingerprint density at radius 1 is 0.906 bits per heavy atom.